The highest BCUT2D eigenvalue weighted by atomic mass is 32.2. The van der Waals surface area contributed by atoms with E-state index in [1.54, 1.807) is 6.08 Å². The van der Waals surface area contributed by atoms with Crippen molar-refractivity contribution in [3.05, 3.63) is 70.6 Å². The molecule has 26 heavy (non-hydrogen) atoms. The molecule has 5 heteroatoms. The molecule has 0 bridgehead atoms. The highest BCUT2D eigenvalue weighted by Crippen LogP contribution is 2.34. The quantitative estimate of drug-likeness (QED) is 0.662. The molecule has 2 aromatic carbocycles. The Morgan fingerprint density at radius 1 is 1.04 bits per heavy atom. The summed E-state index contributed by atoms with van der Waals surface area (Å²) in [7, 11) is 0. The Bertz CT molecular complexity index is 817. The summed E-state index contributed by atoms with van der Waals surface area (Å²) in [4.78, 5) is 26.7. The zero-order valence-corrected chi connectivity index (χ0v) is 15.5. The van der Waals surface area contributed by atoms with Crippen LogP contribution in [0.3, 0.4) is 0 Å². The summed E-state index contributed by atoms with van der Waals surface area (Å²) >= 11 is 0.987. The van der Waals surface area contributed by atoms with Crippen molar-refractivity contribution in [3.8, 4) is 5.75 Å². The Morgan fingerprint density at radius 2 is 1.77 bits per heavy atom. The van der Waals surface area contributed by atoms with E-state index in [1.165, 1.54) is 4.90 Å². The smallest absolute Gasteiger partial charge is 0.293 e. The van der Waals surface area contributed by atoms with Crippen LogP contribution in [-0.2, 0) is 11.2 Å². The number of benzene rings is 2. The van der Waals surface area contributed by atoms with Gasteiger partial charge in [-0.15, -0.1) is 0 Å². The van der Waals surface area contributed by atoms with Crippen LogP contribution in [0.2, 0.25) is 0 Å². The molecule has 4 nitrogen and oxygen atoms in total. The lowest BCUT2D eigenvalue weighted by atomic mass is 10.1. The second-order valence-corrected chi connectivity index (χ2v) is 6.95. The predicted octanol–water partition coefficient (Wildman–Crippen LogP) is 4.75. The number of para-hydroxylation sites is 1. The minimum atomic E-state index is -0.235. The zero-order valence-electron chi connectivity index (χ0n) is 14.7. The summed E-state index contributed by atoms with van der Waals surface area (Å²) in [6.45, 7) is 3.05. The van der Waals surface area contributed by atoms with E-state index in [1.807, 2.05) is 61.5 Å². The molecule has 1 saturated heterocycles. The van der Waals surface area contributed by atoms with Gasteiger partial charge in [0.1, 0.15) is 5.75 Å². The van der Waals surface area contributed by atoms with Gasteiger partial charge < -0.3 is 4.74 Å². The molecule has 0 saturated carbocycles. The van der Waals surface area contributed by atoms with E-state index in [2.05, 4.69) is 0 Å². The molecule has 134 valence electrons. The molecule has 1 aliphatic rings. The van der Waals surface area contributed by atoms with Crippen LogP contribution in [0.5, 0.6) is 5.75 Å². The number of rotatable bonds is 7. The van der Waals surface area contributed by atoms with E-state index in [0.29, 0.717) is 24.5 Å². The summed E-state index contributed by atoms with van der Waals surface area (Å²) in [6, 6.07) is 17.4. The molecule has 0 unspecified atom stereocenters. The first-order chi connectivity index (χ1) is 12.7. The third-order valence-corrected chi connectivity index (χ3v) is 4.92. The Labute approximate surface area is 157 Å². The van der Waals surface area contributed by atoms with Gasteiger partial charge in [-0.05, 0) is 42.3 Å². The molecular formula is C21H21NO3S. The van der Waals surface area contributed by atoms with E-state index >= 15 is 0 Å². The van der Waals surface area contributed by atoms with Crippen molar-refractivity contribution in [1.82, 2.24) is 4.90 Å². The fraction of sp³-hybridized carbons (Fsp3) is 0.238. The van der Waals surface area contributed by atoms with Crippen molar-refractivity contribution in [2.75, 3.05) is 13.2 Å². The third kappa shape index (κ3) is 4.35. The van der Waals surface area contributed by atoms with Gasteiger partial charge in [0.15, 0.2) is 0 Å². The molecule has 0 spiro atoms. The summed E-state index contributed by atoms with van der Waals surface area (Å²) in [5.74, 6) is 0.492. The molecule has 1 fully saturated rings. The first-order valence-corrected chi connectivity index (χ1v) is 9.52. The summed E-state index contributed by atoms with van der Waals surface area (Å²) in [5, 5.41) is -0.218. The van der Waals surface area contributed by atoms with Crippen molar-refractivity contribution in [2.24, 2.45) is 0 Å². The lowest BCUT2D eigenvalue weighted by Gasteiger charge is -2.12. The van der Waals surface area contributed by atoms with Gasteiger partial charge in [-0.25, -0.2) is 0 Å². The second-order valence-electron chi connectivity index (χ2n) is 5.96. The standard InChI is InChI=1S/C21H21NO3S/c1-2-14-25-18-11-7-6-10-17(18)15-19-20(23)22(21(24)26-19)13-12-16-8-4-3-5-9-16/h3-11,15H,2,12-14H2,1H3/b19-15+. The Kier molecular flexibility index (Phi) is 6.12. The van der Waals surface area contributed by atoms with Gasteiger partial charge in [0.25, 0.3) is 11.1 Å². The molecule has 2 amide bonds. The lowest BCUT2D eigenvalue weighted by molar-refractivity contribution is -0.122. The van der Waals surface area contributed by atoms with Crippen molar-refractivity contribution >= 4 is 29.0 Å². The molecule has 1 aliphatic heterocycles. The SMILES string of the molecule is CCCOc1ccccc1/C=C1/SC(=O)N(CCc2ccccc2)C1=O. The van der Waals surface area contributed by atoms with Gasteiger partial charge in [0.2, 0.25) is 0 Å². The summed E-state index contributed by atoms with van der Waals surface area (Å²) in [6.07, 6.45) is 3.31. The van der Waals surface area contributed by atoms with E-state index in [9.17, 15) is 9.59 Å². The molecule has 0 N–H and O–H groups in total. The average molecular weight is 367 g/mol. The molecule has 0 radical (unpaired) electrons. The summed E-state index contributed by atoms with van der Waals surface area (Å²) < 4.78 is 5.73. The number of ether oxygens (including phenoxy) is 1. The molecule has 0 aliphatic carbocycles. The Hall–Kier alpha value is -2.53. The number of nitrogens with zero attached hydrogens (tertiary/aromatic N) is 1. The maximum atomic E-state index is 12.6. The average Bonchev–Trinajstić information content (AvgIpc) is 2.93. The van der Waals surface area contributed by atoms with Gasteiger partial charge in [0.05, 0.1) is 11.5 Å². The van der Waals surface area contributed by atoms with Crippen molar-refractivity contribution in [1.29, 1.82) is 0 Å². The Balaban J connectivity index is 1.73. The first kappa shape index (κ1) is 18.3. The van der Waals surface area contributed by atoms with Crippen LogP contribution in [0, 0.1) is 0 Å². The van der Waals surface area contributed by atoms with Crippen LogP contribution >= 0.6 is 11.8 Å². The molecule has 2 aromatic rings. The van der Waals surface area contributed by atoms with Crippen molar-refractivity contribution in [2.45, 2.75) is 19.8 Å². The minimum absolute atomic E-state index is 0.218. The minimum Gasteiger partial charge on any atom is -0.493 e. The van der Waals surface area contributed by atoms with E-state index < -0.39 is 0 Å². The van der Waals surface area contributed by atoms with E-state index in [4.69, 9.17) is 4.74 Å². The van der Waals surface area contributed by atoms with Crippen LogP contribution in [0.15, 0.2) is 59.5 Å². The molecule has 0 atom stereocenters. The van der Waals surface area contributed by atoms with E-state index in [-0.39, 0.29) is 11.1 Å². The van der Waals surface area contributed by atoms with Gasteiger partial charge in [-0.1, -0.05) is 55.5 Å². The number of amides is 2. The molecule has 1 heterocycles. The van der Waals surface area contributed by atoms with Crippen molar-refractivity contribution < 1.29 is 14.3 Å². The number of imide groups is 1. The van der Waals surface area contributed by atoms with Crippen LogP contribution in [0.4, 0.5) is 4.79 Å². The van der Waals surface area contributed by atoms with E-state index in [0.717, 1.165) is 35.1 Å². The number of carbonyl (C=O) groups is 2. The molecule has 3 rings (SSSR count). The molecular weight excluding hydrogens is 346 g/mol. The van der Waals surface area contributed by atoms with Gasteiger partial charge >= 0.3 is 0 Å². The van der Waals surface area contributed by atoms with Crippen LogP contribution < -0.4 is 4.74 Å². The van der Waals surface area contributed by atoms with Crippen molar-refractivity contribution in [3.63, 3.8) is 0 Å². The largest absolute Gasteiger partial charge is 0.493 e. The lowest BCUT2D eigenvalue weighted by Crippen LogP contribution is -2.30. The van der Waals surface area contributed by atoms with Gasteiger partial charge in [-0.2, -0.15) is 0 Å². The zero-order chi connectivity index (χ0) is 18.4. The van der Waals surface area contributed by atoms with Gasteiger partial charge in [-0.3, -0.25) is 14.5 Å². The normalized spacial score (nSPS) is 15.7. The highest BCUT2D eigenvalue weighted by molar-refractivity contribution is 8.18. The van der Waals surface area contributed by atoms with Crippen LogP contribution in [0.1, 0.15) is 24.5 Å². The van der Waals surface area contributed by atoms with Crippen LogP contribution in [0.25, 0.3) is 6.08 Å². The van der Waals surface area contributed by atoms with Gasteiger partial charge in [0, 0.05) is 12.1 Å². The summed E-state index contributed by atoms with van der Waals surface area (Å²) in [5.41, 5.74) is 1.92. The second kappa shape index (κ2) is 8.72. The number of hydrogen-bond donors (Lipinski definition) is 0. The van der Waals surface area contributed by atoms with Crippen LogP contribution in [-0.4, -0.2) is 29.2 Å². The fourth-order valence-corrected chi connectivity index (χ4v) is 3.52. The topological polar surface area (TPSA) is 46.6 Å². The number of carbonyl (C=O) groups excluding carboxylic acids is 2. The predicted molar refractivity (Wildman–Crippen MR) is 105 cm³/mol. The number of hydrogen-bond acceptors (Lipinski definition) is 4. The maximum Gasteiger partial charge on any atom is 0.293 e. The third-order valence-electron chi connectivity index (χ3n) is 4.01. The Morgan fingerprint density at radius 3 is 2.54 bits per heavy atom. The maximum absolute atomic E-state index is 12.6. The number of thioether (sulfide) groups is 1. The monoisotopic (exact) mass is 367 g/mol. The first-order valence-electron chi connectivity index (χ1n) is 8.70. The highest BCUT2D eigenvalue weighted by Gasteiger charge is 2.34. The fourth-order valence-electron chi connectivity index (χ4n) is 2.66. The molecule has 0 aromatic heterocycles.